The summed E-state index contributed by atoms with van der Waals surface area (Å²) in [6, 6.07) is 0. The molecule has 2 rings (SSSR count). The van der Waals surface area contributed by atoms with Gasteiger partial charge in [-0.3, -0.25) is 0 Å². The van der Waals surface area contributed by atoms with Crippen LogP contribution in [0.1, 0.15) is 15.3 Å². The molecule has 1 aliphatic carbocycles. The summed E-state index contributed by atoms with van der Waals surface area (Å²) in [6.45, 7) is 0. The minimum absolute atomic E-state index is 0.668. The normalized spacial score (nSPS) is 16.0. The van der Waals surface area contributed by atoms with Gasteiger partial charge in [0.25, 0.3) is 0 Å². The summed E-state index contributed by atoms with van der Waals surface area (Å²) in [5, 5.41) is 0. The average Bonchev–Trinajstić information content (AvgIpc) is 2.22. The predicted molar refractivity (Wildman–Crippen MR) is 43.2 cm³/mol. The molecule has 0 saturated carbocycles. The SMILES string of the molecule is S=c1[se]c2c([se]1)CCC2. The van der Waals surface area contributed by atoms with Crippen molar-refractivity contribution in [3.8, 4) is 0 Å². The summed E-state index contributed by atoms with van der Waals surface area (Å²) in [6.07, 6.45) is 4.20. The third kappa shape index (κ3) is 1.18. The molecule has 0 unspecified atom stereocenters. The third-order valence-corrected chi connectivity index (χ3v) is 8.49. The van der Waals surface area contributed by atoms with Crippen molar-refractivity contribution < 1.29 is 0 Å². The van der Waals surface area contributed by atoms with Crippen molar-refractivity contribution in [2.75, 3.05) is 0 Å². The van der Waals surface area contributed by atoms with Crippen LogP contribution in [0.4, 0.5) is 0 Å². The van der Waals surface area contributed by atoms with Gasteiger partial charge in [0.1, 0.15) is 0 Å². The third-order valence-electron chi connectivity index (χ3n) is 1.53. The molecule has 1 heterocycles. The van der Waals surface area contributed by atoms with Crippen LogP contribution >= 0.6 is 12.2 Å². The standard InChI is InChI=1S/C6H6SSe2/c7-6-8-4-2-1-3-5(4)9-6/h1-3H2. The van der Waals surface area contributed by atoms with Gasteiger partial charge < -0.3 is 0 Å². The Morgan fingerprint density at radius 1 is 1.11 bits per heavy atom. The van der Waals surface area contributed by atoms with Crippen LogP contribution in [-0.4, -0.2) is 29.0 Å². The molecule has 0 radical (unpaired) electrons. The maximum absolute atomic E-state index is 5.19. The number of fused-ring (bicyclic) bond motifs is 1. The van der Waals surface area contributed by atoms with Crippen LogP contribution in [0, 0.1) is 2.26 Å². The first-order chi connectivity index (χ1) is 4.36. The fourth-order valence-electron chi connectivity index (χ4n) is 1.13. The number of aryl methyl sites for hydroxylation is 2. The molecule has 0 aromatic carbocycles. The van der Waals surface area contributed by atoms with Crippen molar-refractivity contribution in [3.63, 3.8) is 0 Å². The van der Waals surface area contributed by atoms with E-state index in [0.717, 1.165) is 0 Å². The molecule has 0 spiro atoms. The Bertz CT molecular complexity index is 246. The van der Waals surface area contributed by atoms with E-state index >= 15 is 0 Å². The summed E-state index contributed by atoms with van der Waals surface area (Å²) in [5.41, 5.74) is 0. The zero-order chi connectivity index (χ0) is 6.27. The van der Waals surface area contributed by atoms with E-state index in [4.69, 9.17) is 12.2 Å². The molecule has 0 atom stereocenters. The Morgan fingerprint density at radius 3 is 2.22 bits per heavy atom. The second kappa shape index (κ2) is 2.48. The molecular weight excluding hydrogens is 262 g/mol. The van der Waals surface area contributed by atoms with Crippen LogP contribution < -0.4 is 0 Å². The van der Waals surface area contributed by atoms with Gasteiger partial charge in [0.2, 0.25) is 0 Å². The molecule has 3 heteroatoms. The minimum atomic E-state index is 0.668. The molecule has 0 nitrogen and oxygen atoms in total. The molecule has 48 valence electrons. The first-order valence-corrected chi connectivity index (χ1v) is 6.81. The quantitative estimate of drug-likeness (QED) is 0.500. The van der Waals surface area contributed by atoms with Crippen LogP contribution in [-0.2, 0) is 12.8 Å². The molecule has 0 aliphatic heterocycles. The van der Waals surface area contributed by atoms with E-state index in [1.54, 1.807) is 8.87 Å². The predicted octanol–water partition coefficient (Wildman–Crippen LogP) is 1.02. The fourth-order valence-corrected chi connectivity index (χ4v) is 8.60. The van der Waals surface area contributed by atoms with Gasteiger partial charge >= 0.3 is 71.6 Å². The Hall–Kier alpha value is 0.869. The molecule has 0 amide bonds. The van der Waals surface area contributed by atoms with Crippen LogP contribution in [0.2, 0.25) is 0 Å². The topological polar surface area (TPSA) is 0 Å². The van der Waals surface area contributed by atoms with Crippen molar-refractivity contribution >= 4 is 41.2 Å². The van der Waals surface area contributed by atoms with Crippen LogP contribution in [0.25, 0.3) is 0 Å². The van der Waals surface area contributed by atoms with E-state index in [1.807, 2.05) is 0 Å². The fraction of sp³-hybridized carbons (Fsp3) is 0.500. The first-order valence-electron chi connectivity index (χ1n) is 2.98. The van der Waals surface area contributed by atoms with Gasteiger partial charge in [0.05, 0.1) is 0 Å². The Labute approximate surface area is 71.4 Å². The molecule has 0 bridgehead atoms. The van der Waals surface area contributed by atoms with Crippen molar-refractivity contribution in [3.05, 3.63) is 11.1 Å². The summed E-state index contributed by atoms with van der Waals surface area (Å²) >= 11 is 6.52. The van der Waals surface area contributed by atoms with E-state index in [9.17, 15) is 0 Å². The second-order valence-electron chi connectivity index (χ2n) is 2.15. The molecule has 0 saturated heterocycles. The van der Waals surface area contributed by atoms with Gasteiger partial charge in [-0.25, -0.2) is 0 Å². The van der Waals surface area contributed by atoms with Crippen LogP contribution in [0.3, 0.4) is 0 Å². The van der Waals surface area contributed by atoms with Gasteiger partial charge in [-0.05, 0) is 0 Å². The van der Waals surface area contributed by atoms with Gasteiger partial charge in [0, 0.05) is 0 Å². The maximum atomic E-state index is 5.19. The molecule has 0 fully saturated rings. The zero-order valence-electron chi connectivity index (χ0n) is 4.85. The summed E-state index contributed by atoms with van der Waals surface area (Å²) in [7, 11) is 0. The summed E-state index contributed by atoms with van der Waals surface area (Å²) in [5.74, 6) is 0. The van der Waals surface area contributed by atoms with E-state index in [-0.39, 0.29) is 0 Å². The molecule has 9 heavy (non-hydrogen) atoms. The van der Waals surface area contributed by atoms with E-state index in [2.05, 4.69) is 0 Å². The van der Waals surface area contributed by atoms with Crippen LogP contribution in [0.5, 0.6) is 0 Å². The summed E-state index contributed by atoms with van der Waals surface area (Å²) < 4.78 is 4.94. The molecule has 1 aromatic rings. The van der Waals surface area contributed by atoms with Crippen molar-refractivity contribution in [1.82, 2.24) is 0 Å². The van der Waals surface area contributed by atoms with Gasteiger partial charge in [-0.15, -0.1) is 0 Å². The van der Waals surface area contributed by atoms with Crippen molar-refractivity contribution in [1.29, 1.82) is 0 Å². The van der Waals surface area contributed by atoms with Crippen molar-refractivity contribution in [2.24, 2.45) is 0 Å². The van der Waals surface area contributed by atoms with Crippen LogP contribution in [0.15, 0.2) is 0 Å². The Kier molecular flexibility index (Phi) is 1.81. The van der Waals surface area contributed by atoms with E-state index in [1.165, 1.54) is 21.5 Å². The molecular formula is C6H6SSe2. The average molecular weight is 268 g/mol. The van der Waals surface area contributed by atoms with Gasteiger partial charge in [-0.1, -0.05) is 0 Å². The van der Waals surface area contributed by atoms with Gasteiger partial charge in [0.15, 0.2) is 0 Å². The number of rotatable bonds is 0. The Balaban J connectivity index is 2.64. The van der Waals surface area contributed by atoms with E-state index < -0.39 is 0 Å². The second-order valence-corrected chi connectivity index (χ2v) is 9.68. The number of hydrogen-bond acceptors (Lipinski definition) is 1. The molecule has 1 aromatic heterocycles. The molecule has 0 N–H and O–H groups in total. The monoisotopic (exact) mass is 270 g/mol. The summed E-state index contributed by atoms with van der Waals surface area (Å²) in [4.78, 5) is 0. The molecule has 1 aliphatic rings. The first kappa shape index (κ1) is 6.57. The van der Waals surface area contributed by atoms with E-state index in [0.29, 0.717) is 29.0 Å². The Morgan fingerprint density at radius 2 is 1.67 bits per heavy atom. The zero-order valence-corrected chi connectivity index (χ0v) is 9.09. The van der Waals surface area contributed by atoms with Crippen molar-refractivity contribution in [2.45, 2.75) is 19.3 Å². The number of hydrogen-bond donors (Lipinski definition) is 0. The van der Waals surface area contributed by atoms with Gasteiger partial charge in [-0.2, -0.15) is 0 Å².